The maximum Gasteiger partial charge on any atom is 0.336 e. The Morgan fingerprint density at radius 3 is 2.67 bits per heavy atom. The molecule has 0 aliphatic carbocycles. The van der Waals surface area contributed by atoms with Crippen LogP contribution in [0.3, 0.4) is 0 Å². The van der Waals surface area contributed by atoms with Crippen molar-refractivity contribution in [3.63, 3.8) is 0 Å². The molecule has 4 nitrogen and oxygen atoms in total. The van der Waals surface area contributed by atoms with Crippen molar-refractivity contribution in [1.29, 1.82) is 0 Å². The number of hydrogen-bond acceptors (Lipinski definition) is 3. The number of hydrogen-bond donors (Lipinski definition) is 2. The van der Waals surface area contributed by atoms with Gasteiger partial charge in [0.05, 0.1) is 13.2 Å². The van der Waals surface area contributed by atoms with Crippen LogP contribution in [0.15, 0.2) is 48.5 Å². The third-order valence-electron chi connectivity index (χ3n) is 3.91. The number of aliphatic carboxylic acids is 1. The predicted octanol–water partition coefficient (Wildman–Crippen LogP) is 2.92. The SMILES string of the molecule is Cc1ccccc1NC1(C(=O)O)COCc2ccccc21. The maximum absolute atomic E-state index is 12.0. The van der Waals surface area contributed by atoms with Crippen LogP contribution in [-0.2, 0) is 21.7 Å². The molecule has 3 rings (SSSR count). The van der Waals surface area contributed by atoms with Gasteiger partial charge in [0.15, 0.2) is 5.54 Å². The first kappa shape index (κ1) is 13.6. The normalized spacial score (nSPS) is 20.6. The standard InChI is InChI=1S/C17H17NO3/c1-12-6-2-5-9-15(12)18-17(16(19)20)11-21-10-13-7-3-4-8-14(13)17/h2-9,18H,10-11H2,1H3,(H,19,20). The lowest BCUT2D eigenvalue weighted by molar-refractivity contribution is -0.146. The van der Waals surface area contributed by atoms with E-state index >= 15 is 0 Å². The quantitative estimate of drug-likeness (QED) is 0.909. The molecule has 0 amide bonds. The Hall–Kier alpha value is -2.33. The Morgan fingerprint density at radius 1 is 1.19 bits per heavy atom. The van der Waals surface area contributed by atoms with Gasteiger partial charge in [-0.2, -0.15) is 0 Å². The molecule has 1 unspecified atom stereocenters. The van der Waals surface area contributed by atoms with Crippen LogP contribution >= 0.6 is 0 Å². The smallest absolute Gasteiger partial charge is 0.336 e. The second kappa shape index (κ2) is 5.22. The topological polar surface area (TPSA) is 58.6 Å². The van der Waals surface area contributed by atoms with Crippen molar-refractivity contribution in [3.05, 3.63) is 65.2 Å². The number of para-hydroxylation sites is 1. The van der Waals surface area contributed by atoms with Gasteiger partial charge in [-0.15, -0.1) is 0 Å². The second-order valence-corrected chi connectivity index (χ2v) is 5.30. The molecule has 2 aromatic rings. The first-order chi connectivity index (χ1) is 10.1. The third-order valence-corrected chi connectivity index (χ3v) is 3.91. The number of carboxylic acids is 1. The maximum atomic E-state index is 12.0. The fraction of sp³-hybridized carbons (Fsp3) is 0.235. The zero-order chi connectivity index (χ0) is 14.9. The van der Waals surface area contributed by atoms with E-state index in [1.807, 2.05) is 55.5 Å². The summed E-state index contributed by atoms with van der Waals surface area (Å²) >= 11 is 0. The summed E-state index contributed by atoms with van der Waals surface area (Å²) in [5.74, 6) is -0.932. The number of ether oxygens (including phenoxy) is 1. The van der Waals surface area contributed by atoms with E-state index in [4.69, 9.17) is 4.74 Å². The first-order valence-electron chi connectivity index (χ1n) is 6.87. The van der Waals surface area contributed by atoms with Gasteiger partial charge in [-0.25, -0.2) is 4.79 Å². The van der Waals surface area contributed by atoms with Gasteiger partial charge in [0.2, 0.25) is 0 Å². The average molecular weight is 283 g/mol. The highest BCUT2D eigenvalue weighted by Crippen LogP contribution is 2.34. The highest BCUT2D eigenvalue weighted by Gasteiger charge is 2.44. The number of aryl methyl sites for hydroxylation is 1. The summed E-state index contributed by atoms with van der Waals surface area (Å²) in [6.07, 6.45) is 0. The summed E-state index contributed by atoms with van der Waals surface area (Å²) in [6.45, 7) is 2.50. The molecule has 0 spiro atoms. The molecule has 1 heterocycles. The van der Waals surface area contributed by atoms with Crippen molar-refractivity contribution in [2.75, 3.05) is 11.9 Å². The second-order valence-electron chi connectivity index (χ2n) is 5.30. The highest BCUT2D eigenvalue weighted by molar-refractivity contribution is 5.86. The number of benzene rings is 2. The van der Waals surface area contributed by atoms with E-state index in [9.17, 15) is 9.90 Å². The molecule has 1 aliphatic rings. The van der Waals surface area contributed by atoms with Crippen LogP contribution in [0.4, 0.5) is 5.69 Å². The molecule has 1 atom stereocenters. The fourth-order valence-corrected chi connectivity index (χ4v) is 2.73. The minimum absolute atomic E-state index is 0.105. The molecule has 4 heteroatoms. The Labute approximate surface area is 123 Å². The first-order valence-corrected chi connectivity index (χ1v) is 6.87. The van der Waals surface area contributed by atoms with Gasteiger partial charge in [0, 0.05) is 5.69 Å². The Kier molecular flexibility index (Phi) is 3.39. The van der Waals surface area contributed by atoms with Crippen LogP contribution in [-0.4, -0.2) is 17.7 Å². The number of fused-ring (bicyclic) bond motifs is 1. The molecule has 2 aromatic carbocycles. The highest BCUT2D eigenvalue weighted by atomic mass is 16.5. The molecular weight excluding hydrogens is 266 g/mol. The zero-order valence-corrected chi connectivity index (χ0v) is 11.8. The van der Waals surface area contributed by atoms with Crippen LogP contribution in [0, 0.1) is 6.92 Å². The molecule has 0 aromatic heterocycles. The van der Waals surface area contributed by atoms with Gasteiger partial charge in [-0.1, -0.05) is 42.5 Å². The van der Waals surface area contributed by atoms with Gasteiger partial charge < -0.3 is 15.2 Å². The van der Waals surface area contributed by atoms with Crippen molar-refractivity contribution in [3.8, 4) is 0 Å². The Morgan fingerprint density at radius 2 is 1.90 bits per heavy atom. The minimum atomic E-state index is -1.25. The van der Waals surface area contributed by atoms with E-state index < -0.39 is 11.5 Å². The average Bonchev–Trinajstić information content (AvgIpc) is 2.49. The van der Waals surface area contributed by atoms with E-state index in [2.05, 4.69) is 5.32 Å². The fourth-order valence-electron chi connectivity index (χ4n) is 2.73. The molecule has 21 heavy (non-hydrogen) atoms. The minimum Gasteiger partial charge on any atom is -0.479 e. The molecule has 1 aliphatic heterocycles. The Balaban J connectivity index is 2.11. The monoisotopic (exact) mass is 283 g/mol. The summed E-state index contributed by atoms with van der Waals surface area (Å²) in [7, 11) is 0. The lowest BCUT2D eigenvalue weighted by atomic mass is 9.85. The van der Waals surface area contributed by atoms with Gasteiger partial charge in [0.1, 0.15) is 0 Å². The van der Waals surface area contributed by atoms with Crippen LogP contribution in [0.1, 0.15) is 16.7 Å². The van der Waals surface area contributed by atoms with E-state index in [-0.39, 0.29) is 6.61 Å². The molecule has 0 fully saturated rings. The summed E-state index contributed by atoms with van der Waals surface area (Å²) in [5, 5.41) is 13.0. The number of rotatable bonds is 3. The van der Waals surface area contributed by atoms with Crippen molar-refractivity contribution in [2.24, 2.45) is 0 Å². The van der Waals surface area contributed by atoms with Gasteiger partial charge in [-0.05, 0) is 29.7 Å². The summed E-state index contributed by atoms with van der Waals surface area (Å²) in [5.41, 5.74) is 2.24. The summed E-state index contributed by atoms with van der Waals surface area (Å²) < 4.78 is 5.54. The van der Waals surface area contributed by atoms with Crippen molar-refractivity contribution >= 4 is 11.7 Å². The van der Waals surface area contributed by atoms with Gasteiger partial charge >= 0.3 is 5.97 Å². The summed E-state index contributed by atoms with van der Waals surface area (Å²) in [6, 6.07) is 15.2. The lowest BCUT2D eigenvalue weighted by Crippen LogP contribution is -2.50. The van der Waals surface area contributed by atoms with Crippen molar-refractivity contribution < 1.29 is 14.6 Å². The van der Waals surface area contributed by atoms with Crippen LogP contribution in [0.5, 0.6) is 0 Å². The van der Waals surface area contributed by atoms with Gasteiger partial charge in [0.25, 0.3) is 0 Å². The Bertz CT molecular complexity index is 683. The molecule has 2 N–H and O–H groups in total. The van der Waals surface area contributed by atoms with Crippen molar-refractivity contribution in [1.82, 2.24) is 0 Å². The molecule has 0 saturated heterocycles. The van der Waals surface area contributed by atoms with Gasteiger partial charge in [-0.3, -0.25) is 0 Å². The lowest BCUT2D eigenvalue weighted by Gasteiger charge is -2.37. The zero-order valence-electron chi connectivity index (χ0n) is 11.8. The number of nitrogens with one attached hydrogen (secondary N) is 1. The van der Waals surface area contributed by atoms with E-state index in [0.717, 1.165) is 22.4 Å². The molecule has 0 radical (unpaired) electrons. The van der Waals surface area contributed by atoms with E-state index in [1.54, 1.807) is 0 Å². The molecule has 0 bridgehead atoms. The molecular formula is C17H17NO3. The largest absolute Gasteiger partial charge is 0.479 e. The number of carboxylic acid groups (broad SMARTS) is 1. The van der Waals surface area contributed by atoms with Crippen LogP contribution < -0.4 is 5.32 Å². The van der Waals surface area contributed by atoms with E-state index in [0.29, 0.717) is 6.61 Å². The number of carbonyl (C=O) groups is 1. The third kappa shape index (κ3) is 2.28. The van der Waals surface area contributed by atoms with E-state index in [1.165, 1.54) is 0 Å². The summed E-state index contributed by atoms with van der Waals surface area (Å²) in [4.78, 5) is 12.0. The van der Waals surface area contributed by atoms with Crippen LogP contribution in [0.25, 0.3) is 0 Å². The molecule has 108 valence electrons. The molecule has 0 saturated carbocycles. The van der Waals surface area contributed by atoms with Crippen molar-refractivity contribution in [2.45, 2.75) is 19.1 Å². The predicted molar refractivity (Wildman–Crippen MR) is 80.2 cm³/mol. The number of anilines is 1. The van der Waals surface area contributed by atoms with Crippen LogP contribution in [0.2, 0.25) is 0 Å².